The summed E-state index contributed by atoms with van der Waals surface area (Å²) in [5.41, 5.74) is 7.89. The van der Waals surface area contributed by atoms with Crippen LogP contribution in [0.4, 0.5) is 11.8 Å². The Labute approximate surface area is 167 Å². The Morgan fingerprint density at radius 2 is 1.97 bits per heavy atom. The lowest BCUT2D eigenvalue weighted by Crippen LogP contribution is -2.33. The molecule has 0 bridgehead atoms. The Balaban J connectivity index is 1.68. The topological polar surface area (TPSA) is 152 Å². The van der Waals surface area contributed by atoms with Crippen LogP contribution in [0.2, 0.25) is 0 Å². The molecule has 3 aromatic rings. The largest absolute Gasteiger partial charge is 0.394 e. The number of nitrogen functional groups attached to an aromatic ring is 1. The van der Waals surface area contributed by atoms with Gasteiger partial charge in [0.05, 0.1) is 19.0 Å². The quantitative estimate of drug-likeness (QED) is 0.400. The molecular formula is C19H24N6O4. The molecule has 0 aliphatic carbocycles. The Morgan fingerprint density at radius 1 is 1.21 bits per heavy atom. The number of nitrogens with two attached hydrogens (primary N) is 1. The highest BCUT2D eigenvalue weighted by Crippen LogP contribution is 2.32. The first kappa shape index (κ1) is 19.5. The van der Waals surface area contributed by atoms with Crippen molar-refractivity contribution in [2.75, 3.05) is 17.7 Å². The Bertz CT molecular complexity index is 981. The summed E-state index contributed by atoms with van der Waals surface area (Å²) >= 11 is 0. The van der Waals surface area contributed by atoms with E-state index in [0.717, 1.165) is 12.0 Å². The van der Waals surface area contributed by atoms with E-state index in [4.69, 9.17) is 10.5 Å². The normalized spacial score (nSPS) is 25.4. The molecule has 2 aromatic heterocycles. The Hall–Kier alpha value is -2.79. The molecule has 3 unspecified atom stereocenters. The van der Waals surface area contributed by atoms with E-state index in [1.807, 2.05) is 30.3 Å². The molecule has 10 heteroatoms. The van der Waals surface area contributed by atoms with Crippen LogP contribution in [0.1, 0.15) is 31.2 Å². The van der Waals surface area contributed by atoms with Crippen LogP contribution in [-0.4, -0.2) is 59.8 Å². The SMILES string of the molecule is CCC(Nc1nc(N)c2ncn([C@@H]3O[C@H](CO)C(O)C3O)c2n1)c1ccccc1. The minimum absolute atomic E-state index is 0.0154. The van der Waals surface area contributed by atoms with Gasteiger partial charge in [-0.05, 0) is 12.0 Å². The summed E-state index contributed by atoms with van der Waals surface area (Å²) in [6.07, 6.45) is -2.09. The minimum atomic E-state index is -1.25. The number of aromatic nitrogens is 4. The van der Waals surface area contributed by atoms with E-state index < -0.39 is 31.1 Å². The predicted octanol–water partition coefficient (Wildman–Crippen LogP) is 0.583. The third kappa shape index (κ3) is 3.51. The van der Waals surface area contributed by atoms with Crippen molar-refractivity contribution in [2.24, 2.45) is 0 Å². The lowest BCUT2D eigenvalue weighted by molar-refractivity contribution is -0.0511. The highest BCUT2D eigenvalue weighted by Gasteiger charge is 2.44. The van der Waals surface area contributed by atoms with E-state index in [-0.39, 0.29) is 11.9 Å². The molecule has 1 fully saturated rings. The van der Waals surface area contributed by atoms with Crippen LogP contribution in [0, 0.1) is 0 Å². The molecular weight excluding hydrogens is 376 g/mol. The fraction of sp³-hybridized carbons (Fsp3) is 0.421. The summed E-state index contributed by atoms with van der Waals surface area (Å²) in [4.78, 5) is 13.1. The van der Waals surface area contributed by atoms with E-state index in [1.165, 1.54) is 10.9 Å². The number of anilines is 2. The summed E-state index contributed by atoms with van der Waals surface area (Å²) in [5.74, 6) is 0.505. The number of aliphatic hydroxyl groups is 3. The number of hydrogen-bond donors (Lipinski definition) is 5. The predicted molar refractivity (Wildman–Crippen MR) is 106 cm³/mol. The van der Waals surface area contributed by atoms with Gasteiger partial charge in [0.2, 0.25) is 5.95 Å². The zero-order chi connectivity index (χ0) is 20.5. The summed E-state index contributed by atoms with van der Waals surface area (Å²) < 4.78 is 7.08. The lowest BCUT2D eigenvalue weighted by Gasteiger charge is -2.19. The summed E-state index contributed by atoms with van der Waals surface area (Å²) in [6, 6.07) is 9.91. The number of benzene rings is 1. The van der Waals surface area contributed by atoms with E-state index in [1.54, 1.807) is 0 Å². The maximum absolute atomic E-state index is 10.3. The van der Waals surface area contributed by atoms with Crippen LogP contribution in [0.3, 0.4) is 0 Å². The van der Waals surface area contributed by atoms with Crippen molar-refractivity contribution in [2.45, 2.75) is 43.9 Å². The van der Waals surface area contributed by atoms with Gasteiger partial charge in [0.1, 0.15) is 23.8 Å². The molecule has 0 spiro atoms. The van der Waals surface area contributed by atoms with Gasteiger partial charge in [-0.15, -0.1) is 0 Å². The average molecular weight is 400 g/mol. The van der Waals surface area contributed by atoms with E-state index >= 15 is 0 Å². The number of nitrogens with one attached hydrogen (secondary N) is 1. The van der Waals surface area contributed by atoms with Crippen LogP contribution in [0.5, 0.6) is 0 Å². The number of aliphatic hydroxyl groups excluding tert-OH is 3. The number of hydrogen-bond acceptors (Lipinski definition) is 9. The fourth-order valence-corrected chi connectivity index (χ4v) is 3.56. The van der Waals surface area contributed by atoms with Crippen molar-refractivity contribution >= 4 is 22.9 Å². The number of nitrogens with zero attached hydrogens (tertiary/aromatic N) is 4. The van der Waals surface area contributed by atoms with Gasteiger partial charge >= 0.3 is 0 Å². The number of rotatable bonds is 6. The van der Waals surface area contributed by atoms with Crippen LogP contribution in [0.25, 0.3) is 11.2 Å². The molecule has 0 amide bonds. The van der Waals surface area contributed by atoms with Gasteiger partial charge in [-0.2, -0.15) is 9.97 Å². The molecule has 4 rings (SSSR count). The molecule has 0 radical (unpaired) electrons. The molecule has 1 saturated heterocycles. The second kappa shape index (κ2) is 7.91. The van der Waals surface area contributed by atoms with Gasteiger partial charge < -0.3 is 31.1 Å². The standard InChI is InChI=1S/C19H24N6O4/c1-2-11(10-6-4-3-5-7-10)22-19-23-16(20)13-17(24-19)25(9-21-13)18-15(28)14(27)12(8-26)29-18/h3-7,9,11-12,14-15,18,26-28H,2,8H2,1H3,(H3,20,22,23,24)/t11?,12-,14?,15?,18-/m1/s1. The maximum Gasteiger partial charge on any atom is 0.227 e. The number of imidazole rings is 1. The van der Waals surface area contributed by atoms with Crippen molar-refractivity contribution in [3.05, 3.63) is 42.2 Å². The first-order chi connectivity index (χ1) is 14.0. The molecule has 29 heavy (non-hydrogen) atoms. The maximum atomic E-state index is 10.3. The third-order valence-corrected chi connectivity index (χ3v) is 5.15. The highest BCUT2D eigenvalue weighted by molar-refractivity contribution is 5.83. The van der Waals surface area contributed by atoms with Crippen molar-refractivity contribution in [1.29, 1.82) is 0 Å². The third-order valence-electron chi connectivity index (χ3n) is 5.15. The molecule has 1 aliphatic heterocycles. The fourth-order valence-electron chi connectivity index (χ4n) is 3.56. The molecule has 5 atom stereocenters. The van der Waals surface area contributed by atoms with Crippen LogP contribution in [-0.2, 0) is 4.74 Å². The zero-order valence-corrected chi connectivity index (χ0v) is 15.9. The number of fused-ring (bicyclic) bond motifs is 1. The molecule has 154 valence electrons. The van der Waals surface area contributed by atoms with Crippen LogP contribution in [0.15, 0.2) is 36.7 Å². The summed E-state index contributed by atoms with van der Waals surface area (Å²) in [6.45, 7) is 1.64. The second-order valence-electron chi connectivity index (χ2n) is 7.00. The molecule has 10 nitrogen and oxygen atoms in total. The number of ether oxygens (including phenoxy) is 1. The molecule has 1 aromatic carbocycles. The molecule has 0 saturated carbocycles. The van der Waals surface area contributed by atoms with Gasteiger partial charge in [0.15, 0.2) is 17.7 Å². The average Bonchev–Trinajstić information content (AvgIpc) is 3.28. The van der Waals surface area contributed by atoms with E-state index in [0.29, 0.717) is 17.1 Å². The van der Waals surface area contributed by atoms with Crippen LogP contribution < -0.4 is 11.1 Å². The minimum Gasteiger partial charge on any atom is -0.394 e. The van der Waals surface area contributed by atoms with Crippen molar-refractivity contribution in [3.8, 4) is 0 Å². The van der Waals surface area contributed by atoms with Gasteiger partial charge in [0.25, 0.3) is 0 Å². The van der Waals surface area contributed by atoms with E-state index in [2.05, 4.69) is 27.2 Å². The Kier molecular flexibility index (Phi) is 5.33. The van der Waals surface area contributed by atoms with Crippen molar-refractivity contribution < 1.29 is 20.1 Å². The summed E-state index contributed by atoms with van der Waals surface area (Å²) in [7, 11) is 0. The molecule has 1 aliphatic rings. The second-order valence-corrected chi connectivity index (χ2v) is 7.00. The molecule has 6 N–H and O–H groups in total. The lowest BCUT2D eigenvalue weighted by atomic mass is 10.1. The van der Waals surface area contributed by atoms with Crippen LogP contribution >= 0.6 is 0 Å². The van der Waals surface area contributed by atoms with Gasteiger partial charge in [0, 0.05) is 0 Å². The first-order valence-electron chi connectivity index (χ1n) is 9.47. The van der Waals surface area contributed by atoms with Crippen molar-refractivity contribution in [3.63, 3.8) is 0 Å². The van der Waals surface area contributed by atoms with Gasteiger partial charge in [-0.3, -0.25) is 4.57 Å². The van der Waals surface area contributed by atoms with Gasteiger partial charge in [-0.25, -0.2) is 4.98 Å². The van der Waals surface area contributed by atoms with Crippen molar-refractivity contribution in [1.82, 2.24) is 19.5 Å². The first-order valence-corrected chi connectivity index (χ1v) is 9.47. The van der Waals surface area contributed by atoms with E-state index in [9.17, 15) is 15.3 Å². The highest BCUT2D eigenvalue weighted by atomic mass is 16.6. The zero-order valence-electron chi connectivity index (χ0n) is 15.9. The van der Waals surface area contributed by atoms with Gasteiger partial charge in [-0.1, -0.05) is 37.3 Å². The monoisotopic (exact) mass is 400 g/mol. The summed E-state index contributed by atoms with van der Waals surface area (Å²) in [5, 5.41) is 33.0. The molecule has 3 heterocycles. The Morgan fingerprint density at radius 3 is 2.62 bits per heavy atom. The smallest absolute Gasteiger partial charge is 0.227 e.